The molecular formula is C14H31N. The summed E-state index contributed by atoms with van der Waals surface area (Å²) < 4.78 is 0. The topological polar surface area (TPSA) is 3.24 Å². The van der Waals surface area contributed by atoms with Gasteiger partial charge in [-0.2, -0.15) is 0 Å². The summed E-state index contributed by atoms with van der Waals surface area (Å²) in [4.78, 5) is 2.50. The van der Waals surface area contributed by atoms with Gasteiger partial charge in [-0.05, 0) is 50.6 Å². The van der Waals surface area contributed by atoms with Crippen molar-refractivity contribution in [1.29, 1.82) is 0 Å². The SMILES string of the molecule is CC.CC.CC1CN(C)CCC2(CC2)C1. The van der Waals surface area contributed by atoms with E-state index in [0.717, 1.165) is 11.3 Å². The van der Waals surface area contributed by atoms with Gasteiger partial charge in [0.2, 0.25) is 0 Å². The van der Waals surface area contributed by atoms with Crippen molar-refractivity contribution in [2.45, 2.75) is 60.3 Å². The van der Waals surface area contributed by atoms with Crippen LogP contribution < -0.4 is 0 Å². The van der Waals surface area contributed by atoms with Crippen molar-refractivity contribution in [3.05, 3.63) is 0 Å². The number of nitrogens with zero attached hydrogens (tertiary/aromatic N) is 1. The molecule has 2 fully saturated rings. The van der Waals surface area contributed by atoms with Crippen molar-refractivity contribution < 1.29 is 0 Å². The molecule has 1 aliphatic heterocycles. The van der Waals surface area contributed by atoms with Crippen molar-refractivity contribution in [2.75, 3.05) is 20.1 Å². The summed E-state index contributed by atoms with van der Waals surface area (Å²) >= 11 is 0. The molecule has 1 unspecified atom stereocenters. The molecule has 0 radical (unpaired) electrons. The lowest BCUT2D eigenvalue weighted by Gasteiger charge is -2.15. The smallest absolute Gasteiger partial charge is 0.000418 e. The van der Waals surface area contributed by atoms with Gasteiger partial charge >= 0.3 is 0 Å². The van der Waals surface area contributed by atoms with E-state index in [9.17, 15) is 0 Å². The monoisotopic (exact) mass is 213 g/mol. The third-order valence-electron chi connectivity index (χ3n) is 3.39. The van der Waals surface area contributed by atoms with Crippen LogP contribution in [0.1, 0.15) is 60.3 Å². The molecule has 1 saturated carbocycles. The average Bonchev–Trinajstić information content (AvgIpc) is 3.02. The fourth-order valence-electron chi connectivity index (χ4n) is 2.59. The highest BCUT2D eigenvalue weighted by molar-refractivity contribution is 4.96. The lowest BCUT2D eigenvalue weighted by Crippen LogP contribution is -2.22. The Morgan fingerprint density at radius 1 is 1.00 bits per heavy atom. The molecule has 0 amide bonds. The zero-order valence-corrected chi connectivity index (χ0v) is 11.8. The largest absolute Gasteiger partial charge is 0.306 e. The molecule has 1 heteroatoms. The van der Waals surface area contributed by atoms with Crippen molar-refractivity contribution >= 4 is 0 Å². The van der Waals surface area contributed by atoms with E-state index in [1.807, 2.05) is 27.7 Å². The minimum absolute atomic E-state index is 0.824. The minimum atomic E-state index is 0.824. The normalized spacial score (nSPS) is 28.0. The summed E-state index contributed by atoms with van der Waals surface area (Å²) in [6.07, 6.45) is 6.00. The molecule has 1 nitrogen and oxygen atoms in total. The third-order valence-corrected chi connectivity index (χ3v) is 3.39. The van der Waals surface area contributed by atoms with Gasteiger partial charge in [-0.3, -0.25) is 0 Å². The van der Waals surface area contributed by atoms with Crippen LogP contribution in [0.2, 0.25) is 0 Å². The molecule has 0 N–H and O–H groups in total. The first kappa shape index (κ1) is 15.0. The fourth-order valence-corrected chi connectivity index (χ4v) is 2.59. The molecule has 15 heavy (non-hydrogen) atoms. The van der Waals surface area contributed by atoms with E-state index in [1.165, 1.54) is 38.8 Å². The van der Waals surface area contributed by atoms with Crippen molar-refractivity contribution in [3.63, 3.8) is 0 Å². The van der Waals surface area contributed by atoms with E-state index in [4.69, 9.17) is 0 Å². The van der Waals surface area contributed by atoms with Gasteiger partial charge in [-0.25, -0.2) is 0 Å². The summed E-state index contributed by atoms with van der Waals surface area (Å²) in [7, 11) is 2.26. The Balaban J connectivity index is 0.000000442. The van der Waals surface area contributed by atoms with Crippen molar-refractivity contribution in [3.8, 4) is 0 Å². The second-order valence-corrected chi connectivity index (χ2v) is 4.82. The Kier molecular flexibility index (Phi) is 7.25. The highest BCUT2D eigenvalue weighted by Gasteiger charge is 2.44. The first-order chi connectivity index (χ1) is 7.20. The van der Waals surface area contributed by atoms with Crippen LogP contribution in [-0.4, -0.2) is 25.0 Å². The zero-order chi connectivity index (χ0) is 11.9. The number of hydrogen-bond donors (Lipinski definition) is 0. The van der Waals surface area contributed by atoms with Crippen LogP contribution in [0.3, 0.4) is 0 Å². The van der Waals surface area contributed by atoms with E-state index < -0.39 is 0 Å². The Hall–Kier alpha value is -0.0400. The molecule has 0 aromatic heterocycles. The second-order valence-electron chi connectivity index (χ2n) is 4.82. The van der Waals surface area contributed by atoms with E-state index in [-0.39, 0.29) is 0 Å². The Morgan fingerprint density at radius 3 is 2.00 bits per heavy atom. The molecule has 1 aliphatic carbocycles. The lowest BCUT2D eigenvalue weighted by atomic mass is 9.92. The predicted octanol–water partition coefficient (Wildman–Crippen LogP) is 4.18. The molecule has 1 spiro atoms. The van der Waals surface area contributed by atoms with E-state index in [1.54, 1.807) is 0 Å². The zero-order valence-electron chi connectivity index (χ0n) is 11.8. The minimum Gasteiger partial charge on any atom is -0.306 e. The van der Waals surface area contributed by atoms with Crippen LogP contribution in [-0.2, 0) is 0 Å². The third kappa shape index (κ3) is 5.01. The quantitative estimate of drug-likeness (QED) is 0.583. The Bertz CT molecular complexity index is 149. The lowest BCUT2D eigenvalue weighted by molar-refractivity contribution is 0.310. The molecule has 1 saturated heterocycles. The summed E-state index contributed by atoms with van der Waals surface area (Å²) in [6.45, 7) is 13.1. The fraction of sp³-hybridized carbons (Fsp3) is 1.00. The van der Waals surface area contributed by atoms with Gasteiger partial charge in [0.15, 0.2) is 0 Å². The van der Waals surface area contributed by atoms with Crippen LogP contribution in [0, 0.1) is 11.3 Å². The van der Waals surface area contributed by atoms with Gasteiger partial charge in [0.1, 0.15) is 0 Å². The van der Waals surface area contributed by atoms with Crippen LogP contribution in [0.5, 0.6) is 0 Å². The van der Waals surface area contributed by atoms with Crippen LogP contribution in [0.15, 0.2) is 0 Å². The molecule has 92 valence electrons. The molecule has 1 atom stereocenters. The molecular weight excluding hydrogens is 182 g/mol. The van der Waals surface area contributed by atoms with Crippen molar-refractivity contribution in [1.82, 2.24) is 4.90 Å². The Labute approximate surface area is 97.2 Å². The first-order valence-electron chi connectivity index (χ1n) is 6.89. The molecule has 0 aromatic carbocycles. The molecule has 0 aromatic rings. The maximum Gasteiger partial charge on any atom is 0.000418 e. The predicted molar refractivity (Wildman–Crippen MR) is 70.3 cm³/mol. The van der Waals surface area contributed by atoms with Gasteiger partial charge in [0.25, 0.3) is 0 Å². The second kappa shape index (κ2) is 7.27. The molecule has 0 bridgehead atoms. The van der Waals surface area contributed by atoms with Crippen LogP contribution in [0.25, 0.3) is 0 Å². The highest BCUT2D eigenvalue weighted by atomic mass is 15.1. The summed E-state index contributed by atoms with van der Waals surface area (Å²) in [5, 5.41) is 0. The van der Waals surface area contributed by atoms with Crippen LogP contribution in [0.4, 0.5) is 0 Å². The standard InChI is InChI=1S/C10H19N.2C2H6/c1-9-7-10(3-4-10)5-6-11(2)8-9;2*1-2/h9H,3-8H2,1-2H3;2*1-2H3. The average molecular weight is 213 g/mol. The number of rotatable bonds is 0. The van der Waals surface area contributed by atoms with Crippen LogP contribution >= 0.6 is 0 Å². The van der Waals surface area contributed by atoms with E-state index >= 15 is 0 Å². The van der Waals surface area contributed by atoms with Gasteiger partial charge in [-0.15, -0.1) is 0 Å². The molecule has 1 heterocycles. The Morgan fingerprint density at radius 2 is 1.53 bits per heavy atom. The van der Waals surface area contributed by atoms with Gasteiger partial charge in [0, 0.05) is 6.54 Å². The first-order valence-corrected chi connectivity index (χ1v) is 6.89. The highest BCUT2D eigenvalue weighted by Crippen LogP contribution is 2.54. The number of likely N-dealkylation sites (tertiary alicyclic amines) is 1. The van der Waals surface area contributed by atoms with Gasteiger partial charge < -0.3 is 4.90 Å². The van der Waals surface area contributed by atoms with E-state index in [0.29, 0.717) is 0 Å². The molecule has 2 rings (SSSR count). The van der Waals surface area contributed by atoms with E-state index in [2.05, 4.69) is 18.9 Å². The maximum atomic E-state index is 2.50. The summed E-state index contributed by atoms with van der Waals surface area (Å²) in [5.41, 5.74) is 0.824. The van der Waals surface area contributed by atoms with Crippen molar-refractivity contribution in [2.24, 2.45) is 11.3 Å². The maximum absolute atomic E-state index is 2.50. The number of hydrogen-bond acceptors (Lipinski definition) is 1. The van der Waals surface area contributed by atoms with Gasteiger partial charge in [0.05, 0.1) is 0 Å². The summed E-state index contributed by atoms with van der Waals surface area (Å²) in [5.74, 6) is 0.935. The summed E-state index contributed by atoms with van der Waals surface area (Å²) in [6, 6.07) is 0. The molecule has 2 aliphatic rings. The van der Waals surface area contributed by atoms with Gasteiger partial charge in [-0.1, -0.05) is 34.6 Å².